The molecule has 0 saturated heterocycles. The van der Waals surface area contributed by atoms with Crippen molar-refractivity contribution in [2.75, 3.05) is 25.0 Å². The van der Waals surface area contributed by atoms with E-state index in [1.807, 2.05) is 55.2 Å². The second-order valence-electron chi connectivity index (χ2n) is 5.15. The number of carbonyl (C=O) groups excluding carboxylic acids is 1. The Morgan fingerprint density at radius 1 is 1.36 bits per heavy atom. The van der Waals surface area contributed by atoms with E-state index in [0.717, 1.165) is 16.8 Å². The third-order valence-corrected chi connectivity index (χ3v) is 3.35. The van der Waals surface area contributed by atoms with Gasteiger partial charge < -0.3 is 15.3 Å². The zero-order chi connectivity index (χ0) is 15.9. The van der Waals surface area contributed by atoms with Crippen LogP contribution >= 0.6 is 0 Å². The molecule has 2 rings (SSSR count). The van der Waals surface area contributed by atoms with Crippen molar-refractivity contribution in [3.05, 3.63) is 47.8 Å². The van der Waals surface area contributed by atoms with Gasteiger partial charge in [-0.25, -0.2) is 4.79 Å². The molecule has 0 bridgehead atoms. The van der Waals surface area contributed by atoms with Crippen LogP contribution < -0.4 is 5.32 Å². The largest absolute Gasteiger partial charge is 0.395 e. The minimum absolute atomic E-state index is 0.0382. The van der Waals surface area contributed by atoms with Crippen LogP contribution in [0.5, 0.6) is 0 Å². The number of rotatable bonds is 6. The highest BCUT2D eigenvalue weighted by molar-refractivity contribution is 5.89. The molecule has 0 aliphatic carbocycles. The zero-order valence-electron chi connectivity index (χ0n) is 13.0. The van der Waals surface area contributed by atoms with Crippen molar-refractivity contribution in [3.63, 3.8) is 0 Å². The second-order valence-corrected chi connectivity index (χ2v) is 5.15. The quantitative estimate of drug-likeness (QED) is 0.858. The Kier molecular flexibility index (Phi) is 5.55. The summed E-state index contributed by atoms with van der Waals surface area (Å²) in [6.45, 7) is 5.44. The molecule has 0 unspecified atom stereocenters. The van der Waals surface area contributed by atoms with E-state index in [4.69, 9.17) is 5.11 Å². The van der Waals surface area contributed by atoms with Gasteiger partial charge >= 0.3 is 6.03 Å². The summed E-state index contributed by atoms with van der Waals surface area (Å²) in [5, 5.41) is 16.0. The molecule has 0 spiro atoms. The van der Waals surface area contributed by atoms with Crippen molar-refractivity contribution >= 4 is 11.7 Å². The number of nitrogens with one attached hydrogen (secondary N) is 1. The van der Waals surface area contributed by atoms with Crippen molar-refractivity contribution in [2.45, 2.75) is 20.4 Å². The van der Waals surface area contributed by atoms with Crippen LogP contribution in [-0.4, -0.2) is 45.5 Å². The van der Waals surface area contributed by atoms with E-state index in [0.29, 0.717) is 19.6 Å². The highest BCUT2D eigenvalue weighted by Crippen LogP contribution is 2.11. The van der Waals surface area contributed by atoms with Gasteiger partial charge in [-0.15, -0.1) is 0 Å². The molecule has 6 nitrogen and oxygen atoms in total. The number of aliphatic hydroxyl groups is 1. The standard InChI is InChI=1S/C16H22N4O2/c1-3-19(8-9-21)16(22)18-15-6-4-14(5-7-15)12-20-11-13(2)10-17-20/h4-7,10-11,21H,3,8-9,12H2,1-2H3,(H,18,22). The molecule has 22 heavy (non-hydrogen) atoms. The predicted octanol–water partition coefficient (Wildman–Crippen LogP) is 2.09. The molecule has 0 saturated carbocycles. The fraction of sp³-hybridized carbons (Fsp3) is 0.375. The van der Waals surface area contributed by atoms with Gasteiger partial charge in [0.15, 0.2) is 0 Å². The maximum absolute atomic E-state index is 12.0. The Hall–Kier alpha value is -2.34. The number of aryl methyl sites for hydroxylation is 1. The summed E-state index contributed by atoms with van der Waals surface area (Å²) in [7, 11) is 0. The van der Waals surface area contributed by atoms with Crippen molar-refractivity contribution < 1.29 is 9.90 Å². The highest BCUT2D eigenvalue weighted by Gasteiger charge is 2.10. The SMILES string of the molecule is CCN(CCO)C(=O)Nc1ccc(Cn2cc(C)cn2)cc1. The highest BCUT2D eigenvalue weighted by atomic mass is 16.3. The number of carbonyl (C=O) groups is 1. The molecule has 0 fully saturated rings. The number of nitrogens with zero attached hydrogens (tertiary/aromatic N) is 3. The first-order valence-corrected chi connectivity index (χ1v) is 7.37. The lowest BCUT2D eigenvalue weighted by atomic mass is 10.2. The van der Waals surface area contributed by atoms with Crippen LogP contribution in [0, 0.1) is 6.92 Å². The molecular formula is C16H22N4O2. The second kappa shape index (κ2) is 7.61. The Bertz CT molecular complexity index is 607. The summed E-state index contributed by atoms with van der Waals surface area (Å²) in [5.74, 6) is 0. The van der Waals surface area contributed by atoms with Gasteiger partial charge in [-0.3, -0.25) is 4.68 Å². The van der Waals surface area contributed by atoms with Crippen molar-refractivity contribution in [1.82, 2.24) is 14.7 Å². The fourth-order valence-corrected chi connectivity index (χ4v) is 2.16. The molecule has 1 heterocycles. The van der Waals surface area contributed by atoms with Crippen LogP contribution in [0.1, 0.15) is 18.1 Å². The molecule has 6 heteroatoms. The number of aliphatic hydroxyl groups excluding tert-OH is 1. The first kappa shape index (κ1) is 16.0. The maximum Gasteiger partial charge on any atom is 0.321 e. The third kappa shape index (κ3) is 4.33. The average Bonchev–Trinajstić information content (AvgIpc) is 2.91. The molecule has 0 radical (unpaired) electrons. The number of amides is 2. The molecule has 2 N–H and O–H groups in total. The Morgan fingerprint density at radius 3 is 2.64 bits per heavy atom. The van der Waals surface area contributed by atoms with Crippen LogP contribution in [0.15, 0.2) is 36.7 Å². The first-order chi connectivity index (χ1) is 10.6. The fourth-order valence-electron chi connectivity index (χ4n) is 2.16. The average molecular weight is 302 g/mol. The van der Waals surface area contributed by atoms with E-state index in [1.54, 1.807) is 4.90 Å². The lowest BCUT2D eigenvalue weighted by Crippen LogP contribution is -2.36. The molecule has 2 aromatic rings. The van der Waals surface area contributed by atoms with E-state index in [-0.39, 0.29) is 12.6 Å². The van der Waals surface area contributed by atoms with Gasteiger partial charge in [0.2, 0.25) is 0 Å². The Morgan fingerprint density at radius 2 is 2.09 bits per heavy atom. The molecular weight excluding hydrogens is 280 g/mol. The number of hydrogen-bond donors (Lipinski definition) is 2. The smallest absolute Gasteiger partial charge is 0.321 e. The molecule has 1 aromatic carbocycles. The Labute approximate surface area is 130 Å². The van der Waals surface area contributed by atoms with Crippen LogP contribution in [-0.2, 0) is 6.54 Å². The third-order valence-electron chi connectivity index (χ3n) is 3.35. The van der Waals surface area contributed by atoms with Gasteiger partial charge in [0.1, 0.15) is 0 Å². The van der Waals surface area contributed by atoms with Crippen LogP contribution in [0.2, 0.25) is 0 Å². The van der Waals surface area contributed by atoms with Crippen LogP contribution in [0.25, 0.3) is 0 Å². The number of hydrogen-bond acceptors (Lipinski definition) is 3. The van der Waals surface area contributed by atoms with E-state index in [2.05, 4.69) is 10.4 Å². The van der Waals surface area contributed by atoms with Crippen molar-refractivity contribution in [2.24, 2.45) is 0 Å². The van der Waals surface area contributed by atoms with E-state index < -0.39 is 0 Å². The number of benzene rings is 1. The summed E-state index contributed by atoms with van der Waals surface area (Å²) >= 11 is 0. The zero-order valence-corrected chi connectivity index (χ0v) is 13.0. The van der Waals surface area contributed by atoms with Gasteiger partial charge in [0.25, 0.3) is 0 Å². The molecule has 1 aromatic heterocycles. The summed E-state index contributed by atoms with van der Waals surface area (Å²) in [4.78, 5) is 13.6. The first-order valence-electron chi connectivity index (χ1n) is 7.37. The summed E-state index contributed by atoms with van der Waals surface area (Å²) in [6.07, 6.45) is 3.82. The van der Waals surface area contributed by atoms with E-state index in [9.17, 15) is 4.79 Å². The number of urea groups is 1. The summed E-state index contributed by atoms with van der Waals surface area (Å²) in [6, 6.07) is 7.48. The normalized spacial score (nSPS) is 10.5. The maximum atomic E-state index is 12.0. The van der Waals surface area contributed by atoms with Crippen LogP contribution in [0.4, 0.5) is 10.5 Å². The number of anilines is 1. The minimum Gasteiger partial charge on any atom is -0.395 e. The number of aromatic nitrogens is 2. The molecule has 0 aliphatic heterocycles. The molecule has 2 amide bonds. The monoisotopic (exact) mass is 302 g/mol. The van der Waals surface area contributed by atoms with Gasteiger partial charge in [0, 0.05) is 25.0 Å². The van der Waals surface area contributed by atoms with Gasteiger partial charge in [0.05, 0.1) is 19.3 Å². The Balaban J connectivity index is 1.95. The van der Waals surface area contributed by atoms with E-state index >= 15 is 0 Å². The minimum atomic E-state index is -0.202. The topological polar surface area (TPSA) is 70.4 Å². The van der Waals surface area contributed by atoms with Crippen molar-refractivity contribution in [1.29, 1.82) is 0 Å². The number of likely N-dealkylation sites (N-methyl/N-ethyl adjacent to an activating group) is 1. The van der Waals surface area contributed by atoms with Gasteiger partial charge in [-0.2, -0.15) is 5.10 Å². The summed E-state index contributed by atoms with van der Waals surface area (Å²) in [5.41, 5.74) is 2.98. The lowest BCUT2D eigenvalue weighted by molar-refractivity contribution is 0.192. The molecule has 118 valence electrons. The predicted molar refractivity (Wildman–Crippen MR) is 85.9 cm³/mol. The van der Waals surface area contributed by atoms with Gasteiger partial charge in [-0.05, 0) is 37.1 Å². The van der Waals surface area contributed by atoms with Gasteiger partial charge in [-0.1, -0.05) is 12.1 Å². The van der Waals surface area contributed by atoms with Crippen molar-refractivity contribution in [3.8, 4) is 0 Å². The lowest BCUT2D eigenvalue weighted by Gasteiger charge is -2.20. The molecule has 0 atom stereocenters. The summed E-state index contributed by atoms with van der Waals surface area (Å²) < 4.78 is 1.88. The van der Waals surface area contributed by atoms with E-state index in [1.165, 1.54) is 0 Å². The van der Waals surface area contributed by atoms with Crippen LogP contribution in [0.3, 0.4) is 0 Å². The molecule has 0 aliphatic rings.